The number of nitrogens with zero attached hydrogens (tertiary/aromatic N) is 2. The molecule has 2 atom stereocenters. The minimum absolute atomic E-state index is 0.0403. The highest BCUT2D eigenvalue weighted by Crippen LogP contribution is 2.31. The highest BCUT2D eigenvalue weighted by molar-refractivity contribution is 5.94. The zero-order valence-electron chi connectivity index (χ0n) is 15.8. The number of carbonyl (C=O) groups excluding carboxylic acids is 1. The van der Waals surface area contributed by atoms with Gasteiger partial charge < -0.3 is 14.7 Å². The number of aromatic amines is 1. The van der Waals surface area contributed by atoms with Crippen LogP contribution in [0.4, 0.5) is 0 Å². The van der Waals surface area contributed by atoms with E-state index in [0.717, 1.165) is 16.8 Å². The molecule has 0 radical (unpaired) electrons. The maximum Gasteiger partial charge on any atom is 0.275 e. The van der Waals surface area contributed by atoms with Gasteiger partial charge in [-0.25, -0.2) is 0 Å². The Morgan fingerprint density at radius 2 is 2.04 bits per heavy atom. The Morgan fingerprint density at radius 3 is 2.69 bits per heavy atom. The molecule has 0 fully saturated rings. The molecule has 0 aliphatic carbocycles. The number of amides is 1. The van der Waals surface area contributed by atoms with Crippen LogP contribution in [0.3, 0.4) is 0 Å². The van der Waals surface area contributed by atoms with Gasteiger partial charge in [-0.3, -0.25) is 9.89 Å². The Labute approximate surface area is 154 Å². The van der Waals surface area contributed by atoms with Crippen LogP contribution in [0.1, 0.15) is 61.1 Å². The monoisotopic (exact) mass is 357 g/mol. The predicted octanol–water partition coefficient (Wildman–Crippen LogP) is 2.85. The third-order valence-corrected chi connectivity index (χ3v) is 4.52. The summed E-state index contributed by atoms with van der Waals surface area (Å²) in [5, 5.41) is 17.6. The second-order valence-corrected chi connectivity index (χ2v) is 7.72. The molecule has 0 unspecified atom stereocenters. The SMILES string of the molecule is C[C@@H]1Cc2c(C(=O)N(Cc3ccccc3)CC(C)(C)O)n[nH]c2[C@H](C)O1. The second-order valence-electron chi connectivity index (χ2n) is 7.72. The van der Waals surface area contributed by atoms with E-state index in [1.165, 1.54) is 0 Å². The normalized spacial score (nSPS) is 19.9. The van der Waals surface area contributed by atoms with Crippen LogP contribution in [0.15, 0.2) is 30.3 Å². The smallest absolute Gasteiger partial charge is 0.275 e. The third kappa shape index (κ3) is 4.14. The van der Waals surface area contributed by atoms with Gasteiger partial charge in [0.1, 0.15) is 0 Å². The van der Waals surface area contributed by atoms with Gasteiger partial charge in [0.15, 0.2) is 5.69 Å². The Balaban J connectivity index is 1.90. The molecule has 0 saturated heterocycles. The highest BCUT2D eigenvalue weighted by atomic mass is 16.5. The molecule has 0 spiro atoms. The summed E-state index contributed by atoms with van der Waals surface area (Å²) in [5.74, 6) is -0.172. The number of rotatable bonds is 5. The molecule has 2 N–H and O–H groups in total. The molecule has 6 heteroatoms. The molecule has 26 heavy (non-hydrogen) atoms. The van der Waals surface area contributed by atoms with Gasteiger partial charge in [0.05, 0.1) is 23.5 Å². The summed E-state index contributed by atoms with van der Waals surface area (Å²) < 4.78 is 5.81. The Morgan fingerprint density at radius 1 is 1.35 bits per heavy atom. The van der Waals surface area contributed by atoms with Crippen molar-refractivity contribution in [3.63, 3.8) is 0 Å². The van der Waals surface area contributed by atoms with Gasteiger partial charge in [0.25, 0.3) is 5.91 Å². The lowest BCUT2D eigenvalue weighted by atomic mass is 9.99. The number of ether oxygens (including phenoxy) is 1. The number of benzene rings is 1. The van der Waals surface area contributed by atoms with Gasteiger partial charge in [-0.15, -0.1) is 0 Å². The number of carbonyl (C=O) groups is 1. The molecule has 1 aromatic heterocycles. The number of nitrogens with one attached hydrogen (secondary N) is 1. The van der Waals surface area contributed by atoms with Gasteiger partial charge in [-0.2, -0.15) is 5.10 Å². The third-order valence-electron chi connectivity index (χ3n) is 4.52. The van der Waals surface area contributed by atoms with E-state index in [4.69, 9.17) is 4.74 Å². The van der Waals surface area contributed by atoms with E-state index in [9.17, 15) is 9.90 Å². The van der Waals surface area contributed by atoms with E-state index in [1.807, 2.05) is 44.2 Å². The highest BCUT2D eigenvalue weighted by Gasteiger charge is 2.32. The van der Waals surface area contributed by atoms with Crippen LogP contribution >= 0.6 is 0 Å². The fraction of sp³-hybridized carbons (Fsp3) is 0.500. The van der Waals surface area contributed by atoms with E-state index in [0.29, 0.717) is 18.7 Å². The number of aromatic nitrogens is 2. The van der Waals surface area contributed by atoms with E-state index in [1.54, 1.807) is 18.7 Å². The molecule has 0 saturated carbocycles. The number of hydrogen-bond donors (Lipinski definition) is 2. The molecule has 1 aliphatic heterocycles. The number of aliphatic hydroxyl groups is 1. The fourth-order valence-corrected chi connectivity index (χ4v) is 3.47. The molecule has 2 heterocycles. The van der Waals surface area contributed by atoms with Gasteiger partial charge in [0.2, 0.25) is 0 Å². The van der Waals surface area contributed by atoms with Crippen LogP contribution in [0, 0.1) is 0 Å². The fourth-order valence-electron chi connectivity index (χ4n) is 3.47. The van der Waals surface area contributed by atoms with Crippen molar-refractivity contribution in [2.75, 3.05) is 6.54 Å². The van der Waals surface area contributed by atoms with Crippen LogP contribution < -0.4 is 0 Å². The first kappa shape index (κ1) is 18.6. The molecule has 1 aromatic carbocycles. The average Bonchev–Trinajstić information content (AvgIpc) is 2.97. The average molecular weight is 357 g/mol. The van der Waals surface area contributed by atoms with Crippen LogP contribution in [0.5, 0.6) is 0 Å². The predicted molar refractivity (Wildman–Crippen MR) is 98.7 cm³/mol. The molecule has 2 aromatic rings. The summed E-state index contributed by atoms with van der Waals surface area (Å²) in [5.41, 5.74) is 2.25. The summed E-state index contributed by atoms with van der Waals surface area (Å²) in [6.07, 6.45) is 0.581. The van der Waals surface area contributed by atoms with E-state index >= 15 is 0 Å². The van der Waals surface area contributed by atoms with E-state index in [-0.39, 0.29) is 24.7 Å². The van der Waals surface area contributed by atoms with Crippen LogP contribution in [0.25, 0.3) is 0 Å². The summed E-state index contributed by atoms with van der Waals surface area (Å²) in [6.45, 7) is 8.02. The van der Waals surface area contributed by atoms with Crippen LogP contribution in [0.2, 0.25) is 0 Å². The molecule has 140 valence electrons. The lowest BCUT2D eigenvalue weighted by molar-refractivity contribution is -0.00714. The maximum atomic E-state index is 13.3. The molecule has 3 rings (SSSR count). The second kappa shape index (κ2) is 7.21. The van der Waals surface area contributed by atoms with Crippen molar-refractivity contribution in [3.8, 4) is 0 Å². The molecule has 1 amide bonds. The minimum atomic E-state index is -0.996. The molecular weight excluding hydrogens is 330 g/mol. The van der Waals surface area contributed by atoms with Crippen LogP contribution in [-0.4, -0.2) is 44.4 Å². The standard InChI is InChI=1S/C20H27N3O3/c1-13-10-16-17(14(2)26-13)21-22-18(16)19(24)23(12-20(3,4)25)11-15-8-6-5-7-9-15/h5-9,13-14,25H,10-12H2,1-4H3,(H,21,22)/t13-,14+/m1/s1. The number of fused-ring (bicyclic) bond motifs is 1. The Kier molecular flexibility index (Phi) is 5.16. The van der Waals surface area contributed by atoms with Crippen molar-refractivity contribution < 1.29 is 14.6 Å². The van der Waals surface area contributed by atoms with Gasteiger partial charge in [-0.1, -0.05) is 30.3 Å². The lowest BCUT2D eigenvalue weighted by Gasteiger charge is -2.30. The van der Waals surface area contributed by atoms with Crippen molar-refractivity contribution in [3.05, 3.63) is 52.8 Å². The van der Waals surface area contributed by atoms with E-state index < -0.39 is 5.60 Å². The summed E-state index contributed by atoms with van der Waals surface area (Å²) in [7, 11) is 0. The summed E-state index contributed by atoms with van der Waals surface area (Å²) in [6, 6.07) is 9.78. The lowest BCUT2D eigenvalue weighted by Crippen LogP contribution is -2.42. The summed E-state index contributed by atoms with van der Waals surface area (Å²) in [4.78, 5) is 14.9. The topological polar surface area (TPSA) is 78.5 Å². The van der Waals surface area contributed by atoms with Crippen molar-refractivity contribution in [1.29, 1.82) is 0 Å². The van der Waals surface area contributed by atoms with Crippen molar-refractivity contribution in [2.45, 2.75) is 58.5 Å². The number of H-pyrrole nitrogens is 1. The zero-order chi connectivity index (χ0) is 18.9. The van der Waals surface area contributed by atoms with Crippen molar-refractivity contribution in [1.82, 2.24) is 15.1 Å². The number of hydrogen-bond acceptors (Lipinski definition) is 4. The minimum Gasteiger partial charge on any atom is -0.389 e. The Bertz CT molecular complexity index is 764. The zero-order valence-corrected chi connectivity index (χ0v) is 15.8. The molecular formula is C20H27N3O3. The maximum absolute atomic E-state index is 13.3. The largest absolute Gasteiger partial charge is 0.389 e. The van der Waals surface area contributed by atoms with Gasteiger partial charge in [-0.05, 0) is 33.3 Å². The van der Waals surface area contributed by atoms with Crippen molar-refractivity contribution in [2.24, 2.45) is 0 Å². The van der Waals surface area contributed by atoms with E-state index in [2.05, 4.69) is 10.2 Å². The summed E-state index contributed by atoms with van der Waals surface area (Å²) >= 11 is 0. The quantitative estimate of drug-likeness (QED) is 0.862. The first-order chi connectivity index (χ1) is 12.2. The van der Waals surface area contributed by atoms with Gasteiger partial charge in [0, 0.05) is 25.1 Å². The molecule has 1 aliphatic rings. The molecule has 0 bridgehead atoms. The van der Waals surface area contributed by atoms with Crippen LogP contribution in [-0.2, 0) is 17.7 Å². The van der Waals surface area contributed by atoms with Crippen molar-refractivity contribution >= 4 is 5.91 Å². The van der Waals surface area contributed by atoms with Gasteiger partial charge >= 0.3 is 0 Å². The first-order valence-electron chi connectivity index (χ1n) is 9.03. The first-order valence-corrected chi connectivity index (χ1v) is 9.03. The Hall–Kier alpha value is -2.18. The molecule has 6 nitrogen and oxygen atoms in total.